The molecule has 4 amide bonds. The Morgan fingerprint density at radius 1 is 0.968 bits per heavy atom. The van der Waals surface area contributed by atoms with Gasteiger partial charge in [-0.2, -0.15) is 0 Å². The Morgan fingerprint density at radius 3 is 2.39 bits per heavy atom. The van der Waals surface area contributed by atoms with Crippen LogP contribution >= 0.6 is 0 Å². The first kappa shape index (κ1) is 22.4. The number of rotatable bonds is 10. The van der Waals surface area contributed by atoms with Crippen LogP contribution in [0.25, 0.3) is 0 Å². The van der Waals surface area contributed by atoms with E-state index in [1.165, 1.54) is 0 Å². The lowest BCUT2D eigenvalue weighted by atomic mass is 9.95. The van der Waals surface area contributed by atoms with E-state index in [-0.39, 0.29) is 6.42 Å². The van der Waals surface area contributed by atoms with E-state index in [0.717, 1.165) is 10.5 Å². The van der Waals surface area contributed by atoms with Gasteiger partial charge in [0.25, 0.3) is 0 Å². The second-order valence-electron chi connectivity index (χ2n) is 7.02. The SMILES string of the molecule is O=C1NC(=O)N(COC(CO)CO)C(=O)C1Cc1cccc(OCc2ccccc2)c1. The number of nitrogens with one attached hydrogen (secondary N) is 1. The molecule has 9 heteroatoms. The van der Waals surface area contributed by atoms with Crippen molar-refractivity contribution in [2.24, 2.45) is 5.92 Å². The quantitative estimate of drug-likeness (QED) is 0.479. The summed E-state index contributed by atoms with van der Waals surface area (Å²) >= 11 is 0. The lowest BCUT2D eigenvalue weighted by molar-refractivity contribution is -0.148. The molecule has 1 fully saturated rings. The fourth-order valence-corrected chi connectivity index (χ4v) is 3.04. The summed E-state index contributed by atoms with van der Waals surface area (Å²) in [4.78, 5) is 37.8. The number of nitrogens with zero attached hydrogens (tertiary/aromatic N) is 1. The number of carbonyl (C=O) groups is 3. The van der Waals surface area contributed by atoms with Gasteiger partial charge < -0.3 is 19.7 Å². The average molecular weight is 428 g/mol. The second-order valence-corrected chi connectivity index (χ2v) is 7.02. The van der Waals surface area contributed by atoms with Crippen LogP contribution in [0.2, 0.25) is 0 Å². The van der Waals surface area contributed by atoms with E-state index < -0.39 is 49.8 Å². The zero-order chi connectivity index (χ0) is 22.2. The van der Waals surface area contributed by atoms with Crippen LogP contribution in [0.15, 0.2) is 54.6 Å². The van der Waals surface area contributed by atoms with Gasteiger partial charge in [-0.1, -0.05) is 42.5 Å². The Bertz CT molecular complexity index is 915. The summed E-state index contributed by atoms with van der Waals surface area (Å²) in [6.45, 7) is -1.05. The molecule has 0 spiro atoms. The molecule has 1 heterocycles. The summed E-state index contributed by atoms with van der Waals surface area (Å²) in [5.41, 5.74) is 1.70. The Labute approximate surface area is 179 Å². The minimum atomic E-state index is -1.12. The van der Waals surface area contributed by atoms with Crippen LogP contribution in [0.1, 0.15) is 11.1 Å². The Kier molecular flexibility index (Phi) is 7.71. The number of aliphatic hydroxyl groups is 2. The summed E-state index contributed by atoms with van der Waals surface area (Å²) in [7, 11) is 0. The van der Waals surface area contributed by atoms with E-state index >= 15 is 0 Å². The van der Waals surface area contributed by atoms with Crippen molar-refractivity contribution in [2.45, 2.75) is 19.1 Å². The van der Waals surface area contributed by atoms with E-state index in [0.29, 0.717) is 17.9 Å². The maximum Gasteiger partial charge on any atom is 0.332 e. The van der Waals surface area contributed by atoms with Crippen LogP contribution in [0.3, 0.4) is 0 Å². The highest BCUT2D eigenvalue weighted by atomic mass is 16.5. The monoisotopic (exact) mass is 428 g/mol. The summed E-state index contributed by atoms with van der Waals surface area (Å²) in [6, 6.07) is 15.8. The third-order valence-corrected chi connectivity index (χ3v) is 4.79. The molecule has 31 heavy (non-hydrogen) atoms. The second kappa shape index (κ2) is 10.7. The molecule has 1 atom stereocenters. The van der Waals surface area contributed by atoms with Crippen molar-refractivity contribution in [1.82, 2.24) is 10.2 Å². The molecule has 0 aromatic heterocycles. The molecular formula is C22H24N2O7. The molecule has 164 valence electrons. The molecule has 1 saturated heterocycles. The molecule has 9 nitrogen and oxygen atoms in total. The van der Waals surface area contributed by atoms with Crippen LogP contribution in [-0.2, 0) is 27.4 Å². The number of imide groups is 2. The van der Waals surface area contributed by atoms with Crippen LogP contribution in [0.5, 0.6) is 5.75 Å². The van der Waals surface area contributed by atoms with Gasteiger partial charge in [0.2, 0.25) is 11.8 Å². The van der Waals surface area contributed by atoms with E-state index in [2.05, 4.69) is 5.32 Å². The molecule has 0 aliphatic carbocycles. The first-order valence-electron chi connectivity index (χ1n) is 9.77. The van der Waals surface area contributed by atoms with E-state index in [4.69, 9.17) is 19.7 Å². The standard InChI is InChI=1S/C22H24N2O7/c25-11-18(12-26)31-14-24-21(28)19(20(27)23-22(24)29)10-16-7-4-8-17(9-16)30-13-15-5-2-1-3-6-15/h1-9,18-19,25-26H,10-14H2,(H,23,27,29). The molecule has 2 aromatic carbocycles. The fourth-order valence-electron chi connectivity index (χ4n) is 3.04. The Balaban J connectivity index is 1.65. The number of amides is 4. The molecular weight excluding hydrogens is 404 g/mol. The third kappa shape index (κ3) is 5.88. The highest BCUT2D eigenvalue weighted by Gasteiger charge is 2.40. The number of urea groups is 1. The third-order valence-electron chi connectivity index (χ3n) is 4.79. The fraction of sp³-hybridized carbons (Fsp3) is 0.318. The van der Waals surface area contributed by atoms with Gasteiger partial charge in [0.05, 0.1) is 13.2 Å². The summed E-state index contributed by atoms with van der Waals surface area (Å²) in [6.07, 6.45) is -0.865. The number of hydrogen-bond acceptors (Lipinski definition) is 7. The van der Waals surface area contributed by atoms with Crippen molar-refractivity contribution in [3.8, 4) is 5.75 Å². The average Bonchev–Trinajstić information content (AvgIpc) is 2.78. The summed E-state index contributed by atoms with van der Waals surface area (Å²) in [5, 5.41) is 20.3. The van der Waals surface area contributed by atoms with E-state index in [9.17, 15) is 14.4 Å². The number of ether oxygens (including phenoxy) is 2. The largest absolute Gasteiger partial charge is 0.489 e. The van der Waals surface area contributed by atoms with Crippen molar-refractivity contribution >= 4 is 17.8 Å². The minimum Gasteiger partial charge on any atom is -0.489 e. The highest BCUT2D eigenvalue weighted by Crippen LogP contribution is 2.21. The highest BCUT2D eigenvalue weighted by molar-refractivity contribution is 6.16. The van der Waals surface area contributed by atoms with Gasteiger partial charge in [0.15, 0.2) is 0 Å². The van der Waals surface area contributed by atoms with Crippen LogP contribution in [0.4, 0.5) is 4.79 Å². The van der Waals surface area contributed by atoms with Crippen molar-refractivity contribution in [1.29, 1.82) is 0 Å². The molecule has 0 saturated carbocycles. The lowest BCUT2D eigenvalue weighted by Crippen LogP contribution is -2.59. The lowest BCUT2D eigenvalue weighted by Gasteiger charge is -2.30. The van der Waals surface area contributed by atoms with Gasteiger partial charge in [-0.05, 0) is 29.7 Å². The zero-order valence-electron chi connectivity index (χ0n) is 16.8. The number of carbonyl (C=O) groups excluding carboxylic acids is 3. The maximum atomic E-state index is 12.7. The van der Waals surface area contributed by atoms with Crippen molar-refractivity contribution in [3.05, 3.63) is 65.7 Å². The molecule has 1 aliphatic rings. The molecule has 0 bridgehead atoms. The summed E-state index contributed by atoms with van der Waals surface area (Å²) < 4.78 is 10.9. The van der Waals surface area contributed by atoms with Gasteiger partial charge in [-0.25, -0.2) is 9.69 Å². The normalized spacial score (nSPS) is 16.5. The van der Waals surface area contributed by atoms with E-state index in [1.54, 1.807) is 24.3 Å². The van der Waals surface area contributed by atoms with Crippen LogP contribution in [0, 0.1) is 5.92 Å². The molecule has 3 N–H and O–H groups in total. The molecule has 3 rings (SSSR count). The van der Waals surface area contributed by atoms with Gasteiger partial charge in [-0.15, -0.1) is 0 Å². The van der Waals surface area contributed by atoms with Crippen LogP contribution in [-0.4, -0.2) is 59.0 Å². The van der Waals surface area contributed by atoms with Crippen molar-refractivity contribution in [3.63, 3.8) is 0 Å². The molecule has 2 aromatic rings. The predicted octanol–water partition coefficient (Wildman–Crippen LogP) is 0.830. The number of benzene rings is 2. The predicted molar refractivity (Wildman–Crippen MR) is 109 cm³/mol. The van der Waals surface area contributed by atoms with Crippen molar-refractivity contribution < 1.29 is 34.1 Å². The van der Waals surface area contributed by atoms with Crippen LogP contribution < -0.4 is 10.1 Å². The first-order chi connectivity index (χ1) is 15.0. The maximum absolute atomic E-state index is 12.7. The molecule has 1 unspecified atom stereocenters. The van der Waals surface area contributed by atoms with Gasteiger partial charge >= 0.3 is 6.03 Å². The smallest absolute Gasteiger partial charge is 0.332 e. The summed E-state index contributed by atoms with van der Waals surface area (Å²) in [5.74, 6) is -1.93. The molecule has 0 radical (unpaired) electrons. The zero-order valence-corrected chi connectivity index (χ0v) is 16.8. The first-order valence-corrected chi connectivity index (χ1v) is 9.77. The minimum absolute atomic E-state index is 0.0699. The Morgan fingerprint density at radius 2 is 1.68 bits per heavy atom. The number of barbiturate groups is 1. The molecule has 1 aliphatic heterocycles. The Hall–Kier alpha value is -3.27. The van der Waals surface area contributed by atoms with Gasteiger partial charge in [-0.3, -0.25) is 14.9 Å². The van der Waals surface area contributed by atoms with E-state index in [1.807, 2.05) is 30.3 Å². The number of aliphatic hydroxyl groups excluding tert-OH is 2. The van der Waals surface area contributed by atoms with Crippen molar-refractivity contribution in [2.75, 3.05) is 19.9 Å². The topological polar surface area (TPSA) is 125 Å². The van der Waals surface area contributed by atoms with Gasteiger partial charge in [0, 0.05) is 0 Å². The number of hydrogen-bond donors (Lipinski definition) is 3. The van der Waals surface area contributed by atoms with Gasteiger partial charge in [0.1, 0.15) is 31.1 Å².